The summed E-state index contributed by atoms with van der Waals surface area (Å²) < 4.78 is 0.839. The van der Waals surface area contributed by atoms with E-state index in [1.807, 2.05) is 13.0 Å². The van der Waals surface area contributed by atoms with Crippen molar-refractivity contribution in [1.82, 2.24) is 5.32 Å². The van der Waals surface area contributed by atoms with Crippen LogP contribution in [0.15, 0.2) is 22.7 Å². The second-order valence-corrected chi connectivity index (χ2v) is 5.33. The molecule has 0 bridgehead atoms. The Labute approximate surface area is 108 Å². The first-order valence-corrected chi connectivity index (χ1v) is 6.12. The van der Waals surface area contributed by atoms with Crippen molar-refractivity contribution in [3.8, 4) is 0 Å². The third-order valence-electron chi connectivity index (χ3n) is 2.88. The van der Waals surface area contributed by atoms with Gasteiger partial charge in [-0.05, 0) is 43.5 Å². The lowest BCUT2D eigenvalue weighted by Gasteiger charge is -2.13. The maximum atomic E-state index is 12.0. The molecule has 1 aliphatic rings. The molecule has 0 radical (unpaired) electrons. The molecule has 1 saturated carbocycles. The van der Waals surface area contributed by atoms with Crippen LogP contribution in [-0.2, 0) is 4.79 Å². The highest BCUT2D eigenvalue weighted by Crippen LogP contribution is 2.35. The standard InChI is InChI=1S/C12H13BrN2O2/c1-7-4-8(6-9(13)5-7)10(16)15-12(2-3-12)11(14)17/h4-6H,2-3H2,1H3,(H2,14,17)(H,15,16). The largest absolute Gasteiger partial charge is 0.368 e. The van der Waals surface area contributed by atoms with Gasteiger partial charge in [0.15, 0.2) is 0 Å². The Morgan fingerprint density at radius 3 is 2.47 bits per heavy atom. The van der Waals surface area contributed by atoms with Crippen molar-refractivity contribution in [3.05, 3.63) is 33.8 Å². The molecule has 0 spiro atoms. The zero-order chi connectivity index (χ0) is 12.6. The number of hydrogen-bond acceptors (Lipinski definition) is 2. The first-order chi connectivity index (χ1) is 7.93. The summed E-state index contributed by atoms with van der Waals surface area (Å²) in [5.41, 5.74) is 5.96. The summed E-state index contributed by atoms with van der Waals surface area (Å²) in [6.07, 6.45) is 1.25. The predicted octanol–water partition coefficient (Wildman–Crippen LogP) is 1.51. The van der Waals surface area contributed by atoms with Gasteiger partial charge in [-0.15, -0.1) is 0 Å². The van der Waals surface area contributed by atoms with Crippen LogP contribution in [0.5, 0.6) is 0 Å². The third kappa shape index (κ3) is 2.49. The van der Waals surface area contributed by atoms with Crippen molar-refractivity contribution in [3.63, 3.8) is 0 Å². The lowest BCUT2D eigenvalue weighted by Crippen LogP contribution is -2.46. The SMILES string of the molecule is Cc1cc(Br)cc(C(=O)NC2(C(N)=O)CC2)c1. The Kier molecular flexibility index (Phi) is 2.95. The average Bonchev–Trinajstić information content (AvgIpc) is 2.97. The number of benzene rings is 1. The van der Waals surface area contributed by atoms with Gasteiger partial charge >= 0.3 is 0 Å². The fourth-order valence-corrected chi connectivity index (χ4v) is 2.32. The highest BCUT2D eigenvalue weighted by molar-refractivity contribution is 9.10. The lowest BCUT2D eigenvalue weighted by molar-refractivity contribution is -0.120. The van der Waals surface area contributed by atoms with Gasteiger partial charge in [-0.2, -0.15) is 0 Å². The first kappa shape index (κ1) is 12.1. The van der Waals surface area contributed by atoms with Gasteiger partial charge in [-0.25, -0.2) is 0 Å². The Bertz CT molecular complexity index is 475. The lowest BCUT2D eigenvalue weighted by atomic mass is 10.1. The van der Waals surface area contributed by atoms with Crippen LogP contribution >= 0.6 is 15.9 Å². The number of primary amides is 1. The highest BCUT2D eigenvalue weighted by Gasteiger charge is 2.49. The van der Waals surface area contributed by atoms with Crippen molar-refractivity contribution < 1.29 is 9.59 Å². The number of aryl methyl sites for hydroxylation is 1. The van der Waals surface area contributed by atoms with E-state index in [1.54, 1.807) is 12.1 Å². The van der Waals surface area contributed by atoms with Gasteiger partial charge in [0.2, 0.25) is 5.91 Å². The minimum atomic E-state index is -0.812. The van der Waals surface area contributed by atoms with Crippen molar-refractivity contribution >= 4 is 27.7 Å². The van der Waals surface area contributed by atoms with Gasteiger partial charge in [-0.1, -0.05) is 15.9 Å². The summed E-state index contributed by atoms with van der Waals surface area (Å²) in [7, 11) is 0. The van der Waals surface area contributed by atoms with E-state index in [4.69, 9.17) is 5.73 Å². The number of carbonyl (C=O) groups excluding carboxylic acids is 2. The summed E-state index contributed by atoms with van der Waals surface area (Å²) in [5.74, 6) is -0.719. The van der Waals surface area contributed by atoms with E-state index in [-0.39, 0.29) is 5.91 Å². The number of hydrogen-bond donors (Lipinski definition) is 2. The Morgan fingerprint density at radius 2 is 2.00 bits per heavy atom. The molecule has 0 aliphatic heterocycles. The van der Waals surface area contributed by atoms with Crippen molar-refractivity contribution in [1.29, 1.82) is 0 Å². The van der Waals surface area contributed by atoms with E-state index < -0.39 is 11.4 Å². The number of amides is 2. The number of carbonyl (C=O) groups is 2. The van der Waals surface area contributed by atoms with Crippen LogP contribution in [0.4, 0.5) is 0 Å². The predicted molar refractivity (Wildman–Crippen MR) is 67.5 cm³/mol. The van der Waals surface area contributed by atoms with Gasteiger partial charge in [0.1, 0.15) is 5.54 Å². The summed E-state index contributed by atoms with van der Waals surface area (Å²) in [5, 5.41) is 2.70. The maximum Gasteiger partial charge on any atom is 0.252 e. The number of nitrogens with two attached hydrogens (primary N) is 1. The molecule has 90 valence electrons. The Morgan fingerprint density at radius 1 is 1.35 bits per heavy atom. The molecule has 17 heavy (non-hydrogen) atoms. The molecule has 0 unspecified atom stereocenters. The Balaban J connectivity index is 2.18. The Hall–Kier alpha value is -1.36. The summed E-state index contributed by atoms with van der Waals surface area (Å²) in [6, 6.07) is 5.41. The molecule has 1 aromatic carbocycles. The van der Waals surface area contributed by atoms with Gasteiger partial charge in [0, 0.05) is 10.0 Å². The molecular weight excluding hydrogens is 284 g/mol. The van der Waals surface area contributed by atoms with E-state index in [2.05, 4.69) is 21.2 Å². The second-order valence-electron chi connectivity index (χ2n) is 4.42. The molecule has 5 heteroatoms. The molecule has 1 aromatic rings. The van der Waals surface area contributed by atoms with Crippen molar-refractivity contribution in [2.24, 2.45) is 5.73 Å². The molecule has 1 fully saturated rings. The smallest absolute Gasteiger partial charge is 0.252 e. The normalized spacial score (nSPS) is 16.4. The molecule has 3 N–H and O–H groups in total. The molecule has 0 atom stereocenters. The van der Waals surface area contributed by atoms with Crippen LogP contribution in [0.3, 0.4) is 0 Å². The van der Waals surface area contributed by atoms with E-state index >= 15 is 0 Å². The van der Waals surface area contributed by atoms with Gasteiger partial charge in [0.25, 0.3) is 5.91 Å². The quantitative estimate of drug-likeness (QED) is 0.887. The number of halogens is 1. The van der Waals surface area contributed by atoms with Gasteiger partial charge in [-0.3, -0.25) is 9.59 Å². The van der Waals surface area contributed by atoms with Crippen molar-refractivity contribution in [2.75, 3.05) is 0 Å². The zero-order valence-corrected chi connectivity index (χ0v) is 11.0. The minimum Gasteiger partial charge on any atom is -0.368 e. The van der Waals surface area contributed by atoms with Crippen LogP contribution < -0.4 is 11.1 Å². The van der Waals surface area contributed by atoms with Crippen molar-refractivity contribution in [2.45, 2.75) is 25.3 Å². The van der Waals surface area contributed by atoms with Crippen LogP contribution in [0, 0.1) is 6.92 Å². The molecule has 0 heterocycles. The number of nitrogens with one attached hydrogen (secondary N) is 1. The second kappa shape index (κ2) is 4.14. The van der Waals surface area contributed by atoms with Crippen LogP contribution in [0.1, 0.15) is 28.8 Å². The first-order valence-electron chi connectivity index (χ1n) is 5.33. The molecule has 4 nitrogen and oxygen atoms in total. The monoisotopic (exact) mass is 296 g/mol. The van der Waals surface area contributed by atoms with Crippen LogP contribution in [0.2, 0.25) is 0 Å². The molecular formula is C12H13BrN2O2. The van der Waals surface area contributed by atoms with Gasteiger partial charge in [0.05, 0.1) is 0 Å². The fourth-order valence-electron chi connectivity index (χ4n) is 1.71. The molecule has 2 amide bonds. The van der Waals surface area contributed by atoms with Gasteiger partial charge < -0.3 is 11.1 Å². The summed E-state index contributed by atoms with van der Waals surface area (Å²) in [4.78, 5) is 23.2. The van der Waals surface area contributed by atoms with Crippen LogP contribution in [-0.4, -0.2) is 17.4 Å². The molecule has 0 saturated heterocycles. The molecule has 1 aliphatic carbocycles. The summed E-state index contributed by atoms with van der Waals surface area (Å²) >= 11 is 3.33. The van der Waals surface area contributed by atoms with E-state index in [1.165, 1.54) is 0 Å². The fraction of sp³-hybridized carbons (Fsp3) is 0.333. The summed E-state index contributed by atoms with van der Waals surface area (Å²) in [6.45, 7) is 1.91. The highest BCUT2D eigenvalue weighted by atomic mass is 79.9. The third-order valence-corrected chi connectivity index (χ3v) is 3.34. The average molecular weight is 297 g/mol. The zero-order valence-electron chi connectivity index (χ0n) is 9.42. The molecule has 0 aromatic heterocycles. The topological polar surface area (TPSA) is 72.2 Å². The molecule has 2 rings (SSSR count). The van der Waals surface area contributed by atoms with E-state index in [0.29, 0.717) is 18.4 Å². The number of rotatable bonds is 3. The van der Waals surface area contributed by atoms with E-state index in [9.17, 15) is 9.59 Å². The van der Waals surface area contributed by atoms with Crippen LogP contribution in [0.25, 0.3) is 0 Å². The van der Waals surface area contributed by atoms with E-state index in [0.717, 1.165) is 10.0 Å². The minimum absolute atomic E-state index is 0.259. The maximum absolute atomic E-state index is 12.0.